The number of aromatic nitrogens is 1. The lowest BCUT2D eigenvalue weighted by Crippen LogP contribution is -2.41. The number of morpholine rings is 1. The van der Waals surface area contributed by atoms with Crippen LogP contribution in [0.1, 0.15) is 11.3 Å². The summed E-state index contributed by atoms with van der Waals surface area (Å²) in [5.74, 6) is 0.150. The number of aryl methyl sites for hydroxylation is 1. The van der Waals surface area contributed by atoms with Crippen LogP contribution in [-0.2, 0) is 16.0 Å². The van der Waals surface area contributed by atoms with Crippen LogP contribution in [0.4, 0.5) is 0 Å². The summed E-state index contributed by atoms with van der Waals surface area (Å²) in [6.07, 6.45) is 0.409. The van der Waals surface area contributed by atoms with Crippen molar-refractivity contribution in [3.8, 4) is 0 Å². The molecule has 1 aliphatic rings. The highest BCUT2D eigenvalue weighted by molar-refractivity contribution is 6.31. The van der Waals surface area contributed by atoms with Crippen molar-refractivity contribution in [1.82, 2.24) is 9.88 Å². The highest BCUT2D eigenvalue weighted by Gasteiger charge is 2.19. The van der Waals surface area contributed by atoms with Gasteiger partial charge in [0, 0.05) is 34.7 Å². The number of fused-ring (bicyclic) bond motifs is 1. The summed E-state index contributed by atoms with van der Waals surface area (Å²) in [7, 11) is 0. The molecule has 0 spiro atoms. The Morgan fingerprint density at radius 2 is 2.15 bits per heavy atom. The van der Waals surface area contributed by atoms with Gasteiger partial charge in [0.05, 0.1) is 19.6 Å². The first-order chi connectivity index (χ1) is 9.65. The third-order valence-corrected chi connectivity index (χ3v) is 4.01. The maximum Gasteiger partial charge on any atom is 0.227 e. The molecule has 0 atom stereocenters. The summed E-state index contributed by atoms with van der Waals surface area (Å²) in [6.45, 7) is 4.62. The highest BCUT2D eigenvalue weighted by atomic mass is 35.5. The lowest BCUT2D eigenvalue weighted by Gasteiger charge is -2.26. The monoisotopic (exact) mass is 292 g/mol. The first-order valence-corrected chi connectivity index (χ1v) is 7.15. The van der Waals surface area contributed by atoms with Gasteiger partial charge < -0.3 is 14.6 Å². The van der Waals surface area contributed by atoms with Crippen LogP contribution in [0.5, 0.6) is 0 Å². The summed E-state index contributed by atoms with van der Waals surface area (Å²) in [4.78, 5) is 17.5. The molecule has 1 aromatic heterocycles. The predicted octanol–water partition coefficient (Wildman–Crippen LogP) is 2.53. The Labute approximate surface area is 122 Å². The standard InChI is InChI=1S/C15H17ClN2O2/c1-10-12(9-15(19)18-4-6-20-7-5-18)13-8-11(16)2-3-14(13)17-10/h2-3,8,17H,4-7,9H2,1H3. The molecule has 5 heteroatoms. The molecule has 1 aliphatic heterocycles. The number of halogens is 1. The topological polar surface area (TPSA) is 45.3 Å². The second kappa shape index (κ2) is 5.46. The predicted molar refractivity (Wildman–Crippen MR) is 79.1 cm³/mol. The number of hydrogen-bond acceptors (Lipinski definition) is 2. The second-order valence-electron chi connectivity index (χ2n) is 5.09. The molecule has 2 aromatic rings. The third kappa shape index (κ3) is 2.53. The molecule has 1 aromatic carbocycles. The van der Waals surface area contributed by atoms with Crippen molar-refractivity contribution >= 4 is 28.4 Å². The van der Waals surface area contributed by atoms with Crippen molar-refractivity contribution in [2.45, 2.75) is 13.3 Å². The van der Waals surface area contributed by atoms with E-state index in [9.17, 15) is 4.79 Å². The van der Waals surface area contributed by atoms with Gasteiger partial charge in [0.25, 0.3) is 0 Å². The third-order valence-electron chi connectivity index (χ3n) is 3.77. The largest absolute Gasteiger partial charge is 0.378 e. The van der Waals surface area contributed by atoms with E-state index < -0.39 is 0 Å². The van der Waals surface area contributed by atoms with E-state index in [-0.39, 0.29) is 5.91 Å². The quantitative estimate of drug-likeness (QED) is 0.924. The minimum Gasteiger partial charge on any atom is -0.378 e. The van der Waals surface area contributed by atoms with Crippen LogP contribution in [0.2, 0.25) is 5.02 Å². The van der Waals surface area contributed by atoms with E-state index in [1.165, 1.54) is 0 Å². The van der Waals surface area contributed by atoms with Crippen molar-refractivity contribution in [1.29, 1.82) is 0 Å². The number of rotatable bonds is 2. The van der Waals surface area contributed by atoms with Crippen LogP contribution in [0.15, 0.2) is 18.2 Å². The van der Waals surface area contributed by atoms with Gasteiger partial charge in [-0.05, 0) is 30.7 Å². The Morgan fingerprint density at radius 1 is 1.40 bits per heavy atom. The SMILES string of the molecule is Cc1[nH]c2ccc(Cl)cc2c1CC(=O)N1CCOCC1. The molecular formula is C15H17ClN2O2. The Balaban J connectivity index is 1.88. The van der Waals surface area contributed by atoms with Gasteiger partial charge in [-0.15, -0.1) is 0 Å². The Kier molecular flexibility index (Phi) is 3.68. The zero-order chi connectivity index (χ0) is 14.1. The molecule has 4 nitrogen and oxygen atoms in total. The molecule has 0 saturated carbocycles. The Bertz CT molecular complexity index is 645. The van der Waals surface area contributed by atoms with E-state index >= 15 is 0 Å². The number of nitrogens with zero attached hydrogens (tertiary/aromatic N) is 1. The number of carbonyl (C=O) groups excluding carboxylic acids is 1. The van der Waals surface area contributed by atoms with Crippen molar-refractivity contribution in [3.63, 3.8) is 0 Å². The maximum atomic E-state index is 12.4. The van der Waals surface area contributed by atoms with Gasteiger partial charge in [0.2, 0.25) is 5.91 Å². The number of benzene rings is 1. The number of carbonyl (C=O) groups is 1. The number of aromatic amines is 1. The molecule has 3 rings (SSSR count). The van der Waals surface area contributed by atoms with Gasteiger partial charge in [-0.1, -0.05) is 11.6 Å². The summed E-state index contributed by atoms with van der Waals surface area (Å²) in [5.41, 5.74) is 3.10. The van der Waals surface area contributed by atoms with E-state index in [1.807, 2.05) is 30.0 Å². The van der Waals surface area contributed by atoms with E-state index in [0.717, 1.165) is 22.2 Å². The molecule has 1 saturated heterocycles. The van der Waals surface area contributed by atoms with Crippen molar-refractivity contribution in [2.24, 2.45) is 0 Å². The van der Waals surface area contributed by atoms with E-state index in [0.29, 0.717) is 37.7 Å². The van der Waals surface area contributed by atoms with Crippen molar-refractivity contribution < 1.29 is 9.53 Å². The minimum absolute atomic E-state index is 0.150. The highest BCUT2D eigenvalue weighted by Crippen LogP contribution is 2.26. The molecule has 2 heterocycles. The average molecular weight is 293 g/mol. The van der Waals surface area contributed by atoms with E-state index in [2.05, 4.69) is 4.98 Å². The molecule has 0 aliphatic carbocycles. The van der Waals surface area contributed by atoms with Gasteiger partial charge in [0.1, 0.15) is 0 Å². The molecule has 1 N–H and O–H groups in total. The van der Waals surface area contributed by atoms with Gasteiger partial charge in [-0.3, -0.25) is 4.79 Å². The Hall–Kier alpha value is -1.52. The van der Waals surface area contributed by atoms with Crippen LogP contribution < -0.4 is 0 Å². The fourth-order valence-corrected chi connectivity index (χ4v) is 2.83. The zero-order valence-corrected chi connectivity index (χ0v) is 12.2. The fraction of sp³-hybridized carbons (Fsp3) is 0.400. The lowest BCUT2D eigenvalue weighted by molar-refractivity contribution is -0.134. The van der Waals surface area contributed by atoms with Crippen molar-refractivity contribution in [3.05, 3.63) is 34.5 Å². The summed E-state index contributed by atoms with van der Waals surface area (Å²) in [6, 6.07) is 5.73. The summed E-state index contributed by atoms with van der Waals surface area (Å²) >= 11 is 6.06. The zero-order valence-electron chi connectivity index (χ0n) is 11.4. The van der Waals surface area contributed by atoms with Gasteiger partial charge in [-0.25, -0.2) is 0 Å². The number of ether oxygens (including phenoxy) is 1. The smallest absolute Gasteiger partial charge is 0.227 e. The summed E-state index contributed by atoms with van der Waals surface area (Å²) in [5, 5.41) is 1.73. The number of H-pyrrole nitrogens is 1. The first-order valence-electron chi connectivity index (χ1n) is 6.77. The molecular weight excluding hydrogens is 276 g/mol. The molecule has 20 heavy (non-hydrogen) atoms. The normalized spacial score (nSPS) is 15.8. The summed E-state index contributed by atoms with van der Waals surface area (Å²) < 4.78 is 5.28. The molecule has 0 radical (unpaired) electrons. The van der Waals surface area contributed by atoms with Crippen LogP contribution in [0.25, 0.3) is 10.9 Å². The molecule has 1 fully saturated rings. The van der Waals surface area contributed by atoms with Crippen LogP contribution in [-0.4, -0.2) is 42.1 Å². The minimum atomic E-state index is 0.150. The number of hydrogen-bond donors (Lipinski definition) is 1. The van der Waals surface area contributed by atoms with E-state index in [1.54, 1.807) is 0 Å². The lowest BCUT2D eigenvalue weighted by atomic mass is 10.1. The van der Waals surface area contributed by atoms with Crippen LogP contribution in [0, 0.1) is 6.92 Å². The maximum absolute atomic E-state index is 12.4. The molecule has 1 amide bonds. The number of amides is 1. The number of nitrogens with one attached hydrogen (secondary N) is 1. The Morgan fingerprint density at radius 3 is 2.90 bits per heavy atom. The van der Waals surface area contributed by atoms with E-state index in [4.69, 9.17) is 16.3 Å². The average Bonchev–Trinajstić information content (AvgIpc) is 2.76. The molecule has 0 bridgehead atoms. The second-order valence-corrected chi connectivity index (χ2v) is 5.52. The van der Waals surface area contributed by atoms with Crippen LogP contribution >= 0.6 is 11.6 Å². The van der Waals surface area contributed by atoms with Gasteiger partial charge >= 0.3 is 0 Å². The molecule has 106 valence electrons. The van der Waals surface area contributed by atoms with Crippen LogP contribution in [0.3, 0.4) is 0 Å². The fourth-order valence-electron chi connectivity index (χ4n) is 2.66. The molecule has 0 unspecified atom stereocenters. The van der Waals surface area contributed by atoms with Gasteiger partial charge in [-0.2, -0.15) is 0 Å². The van der Waals surface area contributed by atoms with Crippen molar-refractivity contribution in [2.75, 3.05) is 26.3 Å². The first kappa shape index (κ1) is 13.5. The van der Waals surface area contributed by atoms with Gasteiger partial charge in [0.15, 0.2) is 0 Å².